The van der Waals surface area contributed by atoms with Crippen LogP contribution in [0.25, 0.3) is 5.69 Å². The first-order valence-electron chi connectivity index (χ1n) is 8.85. The van der Waals surface area contributed by atoms with Crippen molar-refractivity contribution >= 4 is 5.91 Å². The first kappa shape index (κ1) is 17.0. The number of rotatable bonds is 3. The van der Waals surface area contributed by atoms with Crippen molar-refractivity contribution in [2.75, 3.05) is 13.1 Å². The van der Waals surface area contributed by atoms with E-state index in [-0.39, 0.29) is 23.1 Å². The highest BCUT2D eigenvalue weighted by molar-refractivity contribution is 5.92. The van der Waals surface area contributed by atoms with Gasteiger partial charge < -0.3 is 9.88 Å². The summed E-state index contributed by atoms with van der Waals surface area (Å²) in [7, 11) is 0. The number of likely N-dealkylation sites (tertiary alicyclic amines) is 1. The highest BCUT2D eigenvalue weighted by Gasteiger charge is 2.28. The van der Waals surface area contributed by atoms with E-state index in [1.807, 2.05) is 30.3 Å². The summed E-state index contributed by atoms with van der Waals surface area (Å²) in [5, 5.41) is 6.77. The van der Waals surface area contributed by atoms with Crippen LogP contribution in [0.4, 0.5) is 0 Å². The van der Waals surface area contributed by atoms with Gasteiger partial charge in [-0.2, -0.15) is 5.10 Å². The molecule has 2 N–H and O–H groups in total. The molecule has 138 valence electrons. The number of carbonyl (C=O) groups is 1. The molecule has 0 bridgehead atoms. The number of benzene rings is 1. The van der Waals surface area contributed by atoms with Crippen molar-refractivity contribution in [1.82, 2.24) is 24.6 Å². The highest BCUT2D eigenvalue weighted by atomic mass is 16.2. The Morgan fingerprint density at radius 1 is 1.00 bits per heavy atom. The van der Waals surface area contributed by atoms with Gasteiger partial charge in [0.25, 0.3) is 5.91 Å². The van der Waals surface area contributed by atoms with Crippen LogP contribution in [0, 0.1) is 0 Å². The lowest BCUT2D eigenvalue weighted by atomic mass is 9.95. The van der Waals surface area contributed by atoms with Crippen molar-refractivity contribution in [3.05, 3.63) is 80.9 Å². The Morgan fingerprint density at radius 2 is 1.74 bits per heavy atom. The number of pyridine rings is 1. The summed E-state index contributed by atoms with van der Waals surface area (Å²) < 4.78 is 1.59. The number of hydrogen-bond acceptors (Lipinski definition) is 4. The lowest BCUT2D eigenvalue weighted by molar-refractivity contribution is 0.0704. The molecule has 1 saturated heterocycles. The molecule has 2 aromatic heterocycles. The molecule has 27 heavy (non-hydrogen) atoms. The number of nitrogens with zero attached hydrogens (tertiary/aromatic N) is 3. The van der Waals surface area contributed by atoms with E-state index < -0.39 is 0 Å². The first-order valence-corrected chi connectivity index (χ1v) is 8.85. The third-order valence-corrected chi connectivity index (χ3v) is 4.86. The normalized spacial score (nSPS) is 15.0. The molecular weight excluding hydrogens is 346 g/mol. The summed E-state index contributed by atoms with van der Waals surface area (Å²) in [5.41, 5.74) is 0.504. The molecule has 0 aliphatic carbocycles. The summed E-state index contributed by atoms with van der Waals surface area (Å²) >= 11 is 0. The van der Waals surface area contributed by atoms with Crippen molar-refractivity contribution in [2.24, 2.45) is 0 Å². The van der Waals surface area contributed by atoms with Gasteiger partial charge in [-0.1, -0.05) is 24.3 Å². The predicted octanol–water partition coefficient (Wildman–Crippen LogP) is 1.27. The average molecular weight is 365 g/mol. The van der Waals surface area contributed by atoms with Crippen LogP contribution in [0.1, 0.15) is 35.1 Å². The number of aromatic nitrogens is 4. The molecule has 0 spiro atoms. The Hall–Kier alpha value is -3.42. The van der Waals surface area contributed by atoms with Gasteiger partial charge in [0, 0.05) is 25.1 Å². The van der Waals surface area contributed by atoms with Gasteiger partial charge in [-0.25, -0.2) is 14.5 Å². The molecule has 0 radical (unpaired) electrons. The van der Waals surface area contributed by atoms with Gasteiger partial charge in [-0.15, -0.1) is 0 Å². The molecule has 8 nitrogen and oxygen atoms in total. The maximum Gasteiger partial charge on any atom is 0.347 e. The van der Waals surface area contributed by atoms with Crippen LogP contribution in [0.3, 0.4) is 0 Å². The van der Waals surface area contributed by atoms with Gasteiger partial charge in [0.05, 0.1) is 5.69 Å². The molecule has 3 aromatic rings. The van der Waals surface area contributed by atoms with Gasteiger partial charge in [0.1, 0.15) is 11.5 Å². The molecule has 1 fully saturated rings. The standard InChI is InChI=1S/C19H19N5O3/c25-16-8-4-7-15(20-16)18(26)23-11-9-13(10-12-23)17-21-22-19(27)24(17)14-5-2-1-3-6-14/h1-8,13H,9-12H2,(H,20,25)(H,22,27). The number of para-hydroxylation sites is 1. The fraction of sp³-hybridized carbons (Fsp3) is 0.263. The number of nitrogens with one attached hydrogen (secondary N) is 2. The molecule has 8 heteroatoms. The number of aromatic amines is 2. The Labute approximate surface area is 154 Å². The van der Waals surface area contributed by atoms with E-state index in [9.17, 15) is 14.4 Å². The predicted molar refractivity (Wildman–Crippen MR) is 99.1 cm³/mol. The summed E-state index contributed by atoms with van der Waals surface area (Å²) in [6.45, 7) is 1.08. The molecule has 4 rings (SSSR count). The van der Waals surface area contributed by atoms with Crippen LogP contribution < -0.4 is 11.2 Å². The Bertz CT molecular complexity index is 1060. The first-order chi connectivity index (χ1) is 13.1. The Morgan fingerprint density at radius 3 is 2.44 bits per heavy atom. The second-order valence-corrected chi connectivity index (χ2v) is 6.55. The van der Waals surface area contributed by atoms with Crippen molar-refractivity contribution in [3.63, 3.8) is 0 Å². The zero-order valence-corrected chi connectivity index (χ0v) is 14.6. The van der Waals surface area contributed by atoms with E-state index in [1.54, 1.807) is 21.6 Å². The number of hydrogen-bond donors (Lipinski definition) is 2. The van der Waals surface area contributed by atoms with Crippen LogP contribution in [0.15, 0.2) is 58.1 Å². The number of piperidine rings is 1. The van der Waals surface area contributed by atoms with Crippen LogP contribution in [-0.2, 0) is 0 Å². The topological polar surface area (TPSA) is 104 Å². The van der Waals surface area contributed by atoms with Gasteiger partial charge >= 0.3 is 5.69 Å². The van der Waals surface area contributed by atoms with Crippen molar-refractivity contribution in [1.29, 1.82) is 0 Å². The number of carbonyl (C=O) groups excluding carboxylic acids is 1. The van der Waals surface area contributed by atoms with Crippen LogP contribution in [0.5, 0.6) is 0 Å². The van der Waals surface area contributed by atoms with Crippen LogP contribution in [0.2, 0.25) is 0 Å². The molecule has 1 aliphatic heterocycles. The second kappa shape index (κ2) is 7.06. The van der Waals surface area contributed by atoms with Gasteiger partial charge in [-0.05, 0) is 31.0 Å². The number of H-pyrrole nitrogens is 2. The van der Waals surface area contributed by atoms with Gasteiger partial charge in [0.15, 0.2) is 0 Å². The molecular formula is C19H19N5O3. The van der Waals surface area contributed by atoms with E-state index in [0.717, 1.165) is 5.69 Å². The molecule has 0 unspecified atom stereocenters. The lowest BCUT2D eigenvalue weighted by Crippen LogP contribution is -2.39. The van der Waals surface area contributed by atoms with E-state index in [0.29, 0.717) is 37.4 Å². The third-order valence-electron chi connectivity index (χ3n) is 4.86. The lowest BCUT2D eigenvalue weighted by Gasteiger charge is -2.31. The quantitative estimate of drug-likeness (QED) is 0.729. The fourth-order valence-electron chi connectivity index (χ4n) is 3.49. The zero-order valence-electron chi connectivity index (χ0n) is 14.6. The summed E-state index contributed by atoms with van der Waals surface area (Å²) in [5.74, 6) is 0.572. The monoisotopic (exact) mass is 365 g/mol. The largest absolute Gasteiger partial charge is 0.347 e. The molecule has 0 atom stereocenters. The number of amides is 1. The van der Waals surface area contributed by atoms with E-state index in [2.05, 4.69) is 15.2 Å². The molecule has 1 amide bonds. The van der Waals surface area contributed by atoms with Crippen LogP contribution in [-0.4, -0.2) is 43.6 Å². The van der Waals surface area contributed by atoms with Gasteiger partial charge in [0.2, 0.25) is 5.56 Å². The molecule has 1 aliphatic rings. The fourth-order valence-corrected chi connectivity index (χ4v) is 3.49. The summed E-state index contributed by atoms with van der Waals surface area (Å²) in [6.07, 6.45) is 1.39. The molecule has 0 saturated carbocycles. The molecule has 3 heterocycles. The minimum absolute atomic E-state index is 0.0722. The minimum atomic E-state index is -0.292. The Kier molecular flexibility index (Phi) is 4.45. The van der Waals surface area contributed by atoms with Crippen molar-refractivity contribution < 1.29 is 4.79 Å². The summed E-state index contributed by atoms with van der Waals surface area (Å²) in [6, 6.07) is 13.9. The van der Waals surface area contributed by atoms with Crippen molar-refractivity contribution in [3.8, 4) is 5.69 Å². The van der Waals surface area contributed by atoms with E-state index in [4.69, 9.17) is 0 Å². The summed E-state index contributed by atoms with van der Waals surface area (Å²) in [4.78, 5) is 40.5. The minimum Gasteiger partial charge on any atom is -0.337 e. The third kappa shape index (κ3) is 3.33. The Balaban J connectivity index is 1.51. The maximum atomic E-state index is 12.6. The second-order valence-electron chi connectivity index (χ2n) is 6.55. The smallest absolute Gasteiger partial charge is 0.337 e. The van der Waals surface area contributed by atoms with Gasteiger partial charge in [-0.3, -0.25) is 9.59 Å². The zero-order chi connectivity index (χ0) is 18.8. The van der Waals surface area contributed by atoms with Crippen LogP contribution >= 0.6 is 0 Å². The van der Waals surface area contributed by atoms with E-state index >= 15 is 0 Å². The maximum absolute atomic E-state index is 12.6. The SMILES string of the molecule is O=C(c1cccc(=O)[nH]1)N1CCC(c2n[nH]c(=O)n2-c2ccccc2)CC1. The van der Waals surface area contributed by atoms with E-state index in [1.165, 1.54) is 6.07 Å². The molecule has 1 aromatic carbocycles. The van der Waals surface area contributed by atoms with Crippen molar-refractivity contribution in [2.45, 2.75) is 18.8 Å². The highest BCUT2D eigenvalue weighted by Crippen LogP contribution is 2.27. The average Bonchev–Trinajstić information content (AvgIpc) is 3.09.